The summed E-state index contributed by atoms with van der Waals surface area (Å²) in [5.74, 6) is 0.786. The van der Waals surface area contributed by atoms with Crippen LogP contribution >= 0.6 is 23.2 Å². The van der Waals surface area contributed by atoms with E-state index in [1.54, 1.807) is 18.2 Å². The zero-order valence-electron chi connectivity index (χ0n) is 20.3. The molecule has 188 valence electrons. The Labute approximate surface area is 227 Å². The van der Waals surface area contributed by atoms with Crippen LogP contribution in [0.4, 0.5) is 0 Å². The minimum Gasteiger partial charge on any atom is -0.489 e. The van der Waals surface area contributed by atoms with Crippen LogP contribution in [0, 0.1) is 11.3 Å². The van der Waals surface area contributed by atoms with E-state index in [0.717, 1.165) is 59.4 Å². The van der Waals surface area contributed by atoms with Gasteiger partial charge in [-0.15, -0.1) is 0 Å². The molecule has 0 radical (unpaired) electrons. The quantitative estimate of drug-likeness (QED) is 0.366. The number of nitrogens with one attached hydrogen (secondary N) is 1. The number of nitrogens with zero attached hydrogens (tertiary/aromatic N) is 2. The molecule has 3 aromatic rings. The van der Waals surface area contributed by atoms with E-state index in [1.165, 1.54) is 0 Å². The van der Waals surface area contributed by atoms with Crippen molar-refractivity contribution < 1.29 is 9.53 Å². The van der Waals surface area contributed by atoms with Crippen LogP contribution in [0.15, 0.2) is 72.3 Å². The van der Waals surface area contributed by atoms with Crippen molar-refractivity contribution in [3.05, 3.63) is 105 Å². The Hall–Kier alpha value is -3.30. The van der Waals surface area contributed by atoms with Gasteiger partial charge in [-0.3, -0.25) is 4.79 Å². The minimum absolute atomic E-state index is 0.0460. The zero-order chi connectivity index (χ0) is 25.8. The normalized spacial score (nSPS) is 15.3. The lowest BCUT2D eigenvalue weighted by Crippen LogP contribution is -2.39. The molecular weight excluding hydrogens is 505 g/mol. The van der Waals surface area contributed by atoms with Crippen molar-refractivity contribution in [3.8, 4) is 11.8 Å². The van der Waals surface area contributed by atoms with Crippen LogP contribution in [0.1, 0.15) is 41.5 Å². The molecule has 3 aromatic carbocycles. The predicted octanol–water partition coefficient (Wildman–Crippen LogP) is 6.38. The van der Waals surface area contributed by atoms with E-state index >= 15 is 0 Å². The molecule has 0 atom stereocenters. The highest BCUT2D eigenvalue weighted by molar-refractivity contribution is 6.42. The lowest BCUT2D eigenvalue weighted by atomic mass is 9.93. The van der Waals surface area contributed by atoms with Gasteiger partial charge in [0.25, 0.3) is 5.91 Å². The maximum atomic E-state index is 13.9. The molecule has 0 spiro atoms. The Balaban J connectivity index is 1.38. The molecule has 1 heterocycles. The Morgan fingerprint density at radius 1 is 1.08 bits per heavy atom. The van der Waals surface area contributed by atoms with Gasteiger partial charge in [0.05, 0.1) is 21.7 Å². The molecule has 5 rings (SSSR count). The first-order valence-corrected chi connectivity index (χ1v) is 13.2. The van der Waals surface area contributed by atoms with E-state index in [1.807, 2.05) is 53.4 Å². The molecule has 0 saturated heterocycles. The number of nitriles is 1. The minimum atomic E-state index is 0.0460. The number of hydrogen-bond donors (Lipinski definition) is 1. The molecule has 1 fully saturated rings. The summed E-state index contributed by atoms with van der Waals surface area (Å²) in [6, 6.07) is 23.2. The van der Waals surface area contributed by atoms with E-state index in [4.69, 9.17) is 33.2 Å². The van der Waals surface area contributed by atoms with Gasteiger partial charge in [0.15, 0.2) is 0 Å². The van der Waals surface area contributed by atoms with Crippen LogP contribution in [0.25, 0.3) is 5.57 Å². The number of carbonyl (C=O) groups excluding carboxylic acids is 1. The van der Waals surface area contributed by atoms with Gasteiger partial charge in [-0.2, -0.15) is 5.26 Å². The van der Waals surface area contributed by atoms with Crippen LogP contribution in [0.5, 0.6) is 5.75 Å². The van der Waals surface area contributed by atoms with E-state index in [9.17, 15) is 4.79 Å². The van der Waals surface area contributed by atoms with E-state index in [-0.39, 0.29) is 11.9 Å². The first-order chi connectivity index (χ1) is 18.0. The van der Waals surface area contributed by atoms with E-state index in [0.29, 0.717) is 35.3 Å². The van der Waals surface area contributed by atoms with Crippen molar-refractivity contribution in [3.63, 3.8) is 0 Å². The fraction of sp³-hybridized carbons (Fsp3) is 0.267. The number of benzene rings is 3. The molecule has 0 unspecified atom stereocenters. The predicted molar refractivity (Wildman–Crippen MR) is 146 cm³/mol. The van der Waals surface area contributed by atoms with Gasteiger partial charge in [0.1, 0.15) is 12.4 Å². The van der Waals surface area contributed by atoms with Crippen LogP contribution in [-0.4, -0.2) is 29.9 Å². The number of amides is 1. The van der Waals surface area contributed by atoms with Crippen molar-refractivity contribution in [2.75, 3.05) is 13.1 Å². The smallest absolute Gasteiger partial charge is 0.251 e. The van der Waals surface area contributed by atoms with Gasteiger partial charge in [-0.1, -0.05) is 59.6 Å². The molecule has 7 heteroatoms. The molecule has 5 nitrogen and oxygen atoms in total. The summed E-state index contributed by atoms with van der Waals surface area (Å²) in [6.07, 6.45) is 2.76. The summed E-state index contributed by atoms with van der Waals surface area (Å²) in [6.45, 7) is 2.17. The van der Waals surface area contributed by atoms with E-state index in [2.05, 4.69) is 11.4 Å². The summed E-state index contributed by atoms with van der Waals surface area (Å²) in [5, 5.41) is 13.4. The van der Waals surface area contributed by atoms with E-state index < -0.39 is 0 Å². The van der Waals surface area contributed by atoms with Crippen LogP contribution < -0.4 is 10.1 Å². The Bertz CT molecular complexity index is 1370. The third-order valence-electron chi connectivity index (χ3n) is 6.77. The average molecular weight is 532 g/mol. The summed E-state index contributed by atoms with van der Waals surface area (Å²) in [5.41, 5.74) is 5.31. The number of halogens is 2. The van der Waals surface area contributed by atoms with Gasteiger partial charge < -0.3 is 15.0 Å². The van der Waals surface area contributed by atoms with Crippen molar-refractivity contribution in [2.24, 2.45) is 0 Å². The molecule has 1 aliphatic carbocycles. The first kappa shape index (κ1) is 25.4. The highest BCUT2D eigenvalue weighted by atomic mass is 35.5. The third-order valence-corrected chi connectivity index (χ3v) is 7.63. The highest BCUT2D eigenvalue weighted by Gasteiger charge is 2.35. The maximum absolute atomic E-state index is 13.9. The molecule has 37 heavy (non-hydrogen) atoms. The van der Waals surface area contributed by atoms with Crippen LogP contribution in [0.2, 0.25) is 10.0 Å². The van der Waals surface area contributed by atoms with Gasteiger partial charge in [-0.25, -0.2) is 0 Å². The largest absolute Gasteiger partial charge is 0.489 e. The van der Waals surface area contributed by atoms with Gasteiger partial charge in [0, 0.05) is 24.7 Å². The molecular formula is C30H27Cl2N3O2. The summed E-state index contributed by atoms with van der Waals surface area (Å²) < 4.78 is 6.05. The van der Waals surface area contributed by atoms with Crippen molar-refractivity contribution in [2.45, 2.75) is 38.5 Å². The van der Waals surface area contributed by atoms with Gasteiger partial charge in [0.2, 0.25) is 0 Å². The first-order valence-electron chi connectivity index (χ1n) is 12.4. The van der Waals surface area contributed by atoms with Crippen molar-refractivity contribution >= 4 is 34.7 Å². The monoisotopic (exact) mass is 531 g/mol. The molecule has 1 N–H and O–H groups in total. The van der Waals surface area contributed by atoms with Crippen molar-refractivity contribution in [1.82, 2.24) is 10.2 Å². The topological polar surface area (TPSA) is 65.4 Å². The molecule has 2 aliphatic rings. The van der Waals surface area contributed by atoms with Crippen LogP contribution in [0.3, 0.4) is 0 Å². The van der Waals surface area contributed by atoms with Gasteiger partial charge >= 0.3 is 0 Å². The fourth-order valence-electron chi connectivity index (χ4n) is 4.60. The van der Waals surface area contributed by atoms with Crippen molar-refractivity contribution in [1.29, 1.82) is 5.26 Å². The zero-order valence-corrected chi connectivity index (χ0v) is 21.9. The Morgan fingerprint density at radius 3 is 2.62 bits per heavy atom. The number of ether oxygens (including phenoxy) is 1. The number of rotatable bonds is 8. The SMILES string of the molecule is N#Cc1ccc(COc2cccc(C3=C(C(=O)N(Cc4cccc(Cl)c4Cl)C4CC4)CNCC3)c2)cc1. The Kier molecular flexibility index (Phi) is 7.81. The maximum Gasteiger partial charge on any atom is 0.251 e. The highest BCUT2D eigenvalue weighted by Crippen LogP contribution is 2.35. The molecule has 1 saturated carbocycles. The summed E-state index contributed by atoms with van der Waals surface area (Å²) >= 11 is 12.7. The second kappa shape index (κ2) is 11.4. The second-order valence-electron chi connectivity index (χ2n) is 9.39. The number of carbonyl (C=O) groups is 1. The van der Waals surface area contributed by atoms with Crippen LogP contribution in [-0.2, 0) is 17.9 Å². The lowest BCUT2D eigenvalue weighted by molar-refractivity contribution is -0.128. The lowest BCUT2D eigenvalue weighted by Gasteiger charge is -2.28. The average Bonchev–Trinajstić information content (AvgIpc) is 3.78. The second-order valence-corrected chi connectivity index (χ2v) is 10.2. The summed E-state index contributed by atoms with van der Waals surface area (Å²) in [7, 11) is 0. The fourth-order valence-corrected chi connectivity index (χ4v) is 4.98. The molecule has 1 amide bonds. The third kappa shape index (κ3) is 5.99. The summed E-state index contributed by atoms with van der Waals surface area (Å²) in [4.78, 5) is 15.9. The molecule has 0 aromatic heterocycles. The Morgan fingerprint density at radius 2 is 1.86 bits per heavy atom. The molecule has 0 bridgehead atoms. The van der Waals surface area contributed by atoms with Gasteiger partial charge in [-0.05, 0) is 78.4 Å². The number of hydrogen-bond acceptors (Lipinski definition) is 4. The molecule has 1 aliphatic heterocycles. The standard InChI is InChI=1S/C30H27Cl2N3O2/c31-28-6-2-4-23(29(28)32)18-35(24-11-12-24)30(36)27-17-34-14-13-26(27)22-3-1-5-25(15-22)37-19-21-9-7-20(16-33)8-10-21/h1-10,15,24,34H,11-14,17-19H2.